The summed E-state index contributed by atoms with van der Waals surface area (Å²) in [7, 11) is 0. The minimum Gasteiger partial charge on any atom is -0.493 e. The van der Waals surface area contributed by atoms with E-state index in [0.29, 0.717) is 18.3 Å². The second-order valence-corrected chi connectivity index (χ2v) is 6.63. The molecule has 0 amide bonds. The van der Waals surface area contributed by atoms with Gasteiger partial charge in [0.15, 0.2) is 5.16 Å². The number of nitrogens with one attached hydrogen (secondary N) is 1. The minimum absolute atomic E-state index is 0.119. The van der Waals surface area contributed by atoms with E-state index in [-0.39, 0.29) is 11.8 Å². The van der Waals surface area contributed by atoms with Crippen LogP contribution in [0.4, 0.5) is 0 Å². The average Bonchev–Trinajstić information content (AvgIpc) is 3.18. The first kappa shape index (κ1) is 16.1. The summed E-state index contributed by atoms with van der Waals surface area (Å²) in [6.45, 7) is 3.96. The fourth-order valence-corrected chi connectivity index (χ4v) is 3.27. The van der Waals surface area contributed by atoms with Crippen molar-refractivity contribution < 1.29 is 9.47 Å². The molecule has 1 aromatic heterocycles. The molecule has 6 nitrogen and oxygen atoms in total. The van der Waals surface area contributed by atoms with Gasteiger partial charge in [0, 0.05) is 12.4 Å². The molecule has 1 saturated heterocycles. The highest BCUT2D eigenvalue weighted by Crippen LogP contribution is 2.18. The molecular formula is C16H21N3O3S. The molecular weight excluding hydrogens is 314 g/mol. The van der Waals surface area contributed by atoms with Crippen molar-refractivity contribution in [3.05, 3.63) is 40.3 Å². The first-order chi connectivity index (χ1) is 11.2. The van der Waals surface area contributed by atoms with Crippen LogP contribution in [-0.2, 0) is 11.3 Å². The van der Waals surface area contributed by atoms with Crippen LogP contribution in [0.5, 0.6) is 5.75 Å². The molecule has 124 valence electrons. The number of aromatic nitrogens is 3. The van der Waals surface area contributed by atoms with E-state index in [2.05, 4.69) is 10.2 Å². The summed E-state index contributed by atoms with van der Waals surface area (Å²) >= 11 is 1.51. The molecule has 0 bridgehead atoms. The number of thioether (sulfide) groups is 1. The quantitative estimate of drug-likeness (QED) is 0.621. The van der Waals surface area contributed by atoms with Gasteiger partial charge in [0.2, 0.25) is 0 Å². The lowest BCUT2D eigenvalue weighted by atomic mass is 10.2. The molecule has 0 aliphatic carbocycles. The average molecular weight is 335 g/mol. The number of benzene rings is 1. The lowest BCUT2D eigenvalue weighted by Crippen LogP contribution is -2.25. The van der Waals surface area contributed by atoms with E-state index >= 15 is 0 Å². The van der Waals surface area contributed by atoms with E-state index < -0.39 is 0 Å². The van der Waals surface area contributed by atoms with E-state index in [1.807, 2.05) is 31.2 Å². The zero-order valence-corrected chi connectivity index (χ0v) is 14.0. The van der Waals surface area contributed by atoms with Gasteiger partial charge in [-0.25, -0.2) is 9.89 Å². The topological polar surface area (TPSA) is 69.1 Å². The number of hydrogen-bond acceptors (Lipinski definition) is 5. The Morgan fingerprint density at radius 1 is 1.43 bits per heavy atom. The highest BCUT2D eigenvalue weighted by atomic mass is 32.2. The van der Waals surface area contributed by atoms with Gasteiger partial charge in [-0.2, -0.15) is 0 Å². The Labute approximate surface area is 139 Å². The van der Waals surface area contributed by atoms with E-state index in [4.69, 9.17) is 9.47 Å². The number of rotatable bonds is 7. The third-order valence-electron chi connectivity index (χ3n) is 3.74. The second-order valence-electron chi connectivity index (χ2n) is 5.57. The SMILES string of the molecule is Cc1ccc(OCCSc2n[nH]c(=O)n2C[C@H]2CCCO2)cc1. The smallest absolute Gasteiger partial charge is 0.344 e. The number of aromatic amines is 1. The number of ether oxygens (including phenoxy) is 2. The molecule has 1 atom stereocenters. The molecule has 0 unspecified atom stereocenters. The Hall–Kier alpha value is -1.73. The lowest BCUT2D eigenvalue weighted by molar-refractivity contribution is 0.0941. The first-order valence-electron chi connectivity index (χ1n) is 7.81. The van der Waals surface area contributed by atoms with Crippen LogP contribution in [-0.4, -0.2) is 39.8 Å². The zero-order valence-electron chi connectivity index (χ0n) is 13.2. The summed E-state index contributed by atoms with van der Waals surface area (Å²) in [6.07, 6.45) is 2.18. The summed E-state index contributed by atoms with van der Waals surface area (Å²) in [5.41, 5.74) is 1.03. The van der Waals surface area contributed by atoms with E-state index in [0.717, 1.165) is 31.0 Å². The van der Waals surface area contributed by atoms with Gasteiger partial charge in [-0.1, -0.05) is 29.5 Å². The van der Waals surface area contributed by atoms with Crippen molar-refractivity contribution in [1.82, 2.24) is 14.8 Å². The van der Waals surface area contributed by atoms with E-state index in [1.165, 1.54) is 17.3 Å². The third-order valence-corrected chi connectivity index (χ3v) is 4.68. The molecule has 0 spiro atoms. The fraction of sp³-hybridized carbons (Fsp3) is 0.500. The molecule has 7 heteroatoms. The van der Waals surface area contributed by atoms with Crippen LogP contribution in [0.1, 0.15) is 18.4 Å². The predicted octanol–water partition coefficient (Wildman–Crippen LogP) is 2.23. The molecule has 23 heavy (non-hydrogen) atoms. The van der Waals surface area contributed by atoms with Crippen molar-refractivity contribution in [1.29, 1.82) is 0 Å². The van der Waals surface area contributed by atoms with Gasteiger partial charge in [0.25, 0.3) is 0 Å². The minimum atomic E-state index is -0.178. The molecule has 2 aromatic rings. The summed E-state index contributed by atoms with van der Waals surface area (Å²) in [4.78, 5) is 11.9. The van der Waals surface area contributed by atoms with Crippen molar-refractivity contribution in [3.8, 4) is 5.75 Å². The van der Waals surface area contributed by atoms with Gasteiger partial charge < -0.3 is 9.47 Å². The van der Waals surface area contributed by atoms with Crippen LogP contribution < -0.4 is 10.4 Å². The van der Waals surface area contributed by atoms with E-state index in [1.54, 1.807) is 4.57 Å². The van der Waals surface area contributed by atoms with Gasteiger partial charge >= 0.3 is 5.69 Å². The van der Waals surface area contributed by atoms with Crippen LogP contribution in [0, 0.1) is 6.92 Å². The standard InChI is InChI=1S/C16H21N3O3S/c1-12-4-6-13(7-5-12)22-9-10-23-16-18-17-15(20)19(16)11-14-3-2-8-21-14/h4-7,14H,2-3,8-11H2,1H3,(H,17,20)/t14-/m1/s1. The molecule has 3 rings (SSSR count). The third kappa shape index (κ3) is 4.39. The number of hydrogen-bond donors (Lipinski definition) is 1. The van der Waals surface area contributed by atoms with Crippen molar-refractivity contribution in [2.24, 2.45) is 0 Å². The lowest BCUT2D eigenvalue weighted by Gasteiger charge is -2.11. The van der Waals surface area contributed by atoms with Crippen LogP contribution in [0.3, 0.4) is 0 Å². The van der Waals surface area contributed by atoms with Crippen LogP contribution in [0.25, 0.3) is 0 Å². The Morgan fingerprint density at radius 3 is 3.00 bits per heavy atom. The molecule has 1 N–H and O–H groups in total. The fourth-order valence-electron chi connectivity index (χ4n) is 2.49. The van der Waals surface area contributed by atoms with Gasteiger partial charge in [0.05, 0.1) is 19.3 Å². The summed E-state index contributed by atoms with van der Waals surface area (Å²) in [5, 5.41) is 7.30. The summed E-state index contributed by atoms with van der Waals surface area (Å²) in [5.74, 6) is 1.58. The molecule has 1 aromatic carbocycles. The monoisotopic (exact) mass is 335 g/mol. The van der Waals surface area contributed by atoms with Gasteiger partial charge in [-0.3, -0.25) is 4.57 Å². The van der Waals surface area contributed by atoms with Crippen LogP contribution in [0.15, 0.2) is 34.2 Å². The van der Waals surface area contributed by atoms with Crippen LogP contribution >= 0.6 is 11.8 Å². The predicted molar refractivity (Wildman–Crippen MR) is 89.2 cm³/mol. The molecule has 0 saturated carbocycles. The first-order valence-corrected chi connectivity index (χ1v) is 8.80. The summed E-state index contributed by atoms with van der Waals surface area (Å²) < 4.78 is 12.9. The number of H-pyrrole nitrogens is 1. The Bertz CT molecular complexity index is 675. The largest absolute Gasteiger partial charge is 0.493 e. The second kappa shape index (κ2) is 7.70. The Morgan fingerprint density at radius 2 is 2.26 bits per heavy atom. The van der Waals surface area contributed by atoms with E-state index in [9.17, 15) is 4.79 Å². The summed E-state index contributed by atoms with van der Waals surface area (Å²) in [6, 6.07) is 7.97. The highest BCUT2D eigenvalue weighted by molar-refractivity contribution is 7.99. The molecule has 2 heterocycles. The zero-order chi connectivity index (χ0) is 16.1. The number of aryl methyl sites for hydroxylation is 1. The molecule has 1 aliphatic rings. The Balaban J connectivity index is 1.50. The number of nitrogens with zero attached hydrogens (tertiary/aromatic N) is 2. The van der Waals surface area contributed by atoms with Crippen molar-refractivity contribution in [3.63, 3.8) is 0 Å². The van der Waals surface area contributed by atoms with Gasteiger partial charge in [0.1, 0.15) is 5.75 Å². The molecule has 0 radical (unpaired) electrons. The normalized spacial score (nSPS) is 17.5. The maximum absolute atomic E-state index is 11.9. The molecule has 1 aliphatic heterocycles. The Kier molecular flexibility index (Phi) is 5.40. The van der Waals surface area contributed by atoms with Gasteiger partial charge in [-0.05, 0) is 31.9 Å². The van der Waals surface area contributed by atoms with Crippen LogP contribution in [0.2, 0.25) is 0 Å². The van der Waals surface area contributed by atoms with Crippen molar-refractivity contribution in [2.75, 3.05) is 19.0 Å². The van der Waals surface area contributed by atoms with Crippen molar-refractivity contribution in [2.45, 2.75) is 37.6 Å². The maximum Gasteiger partial charge on any atom is 0.344 e. The van der Waals surface area contributed by atoms with Crippen molar-refractivity contribution >= 4 is 11.8 Å². The maximum atomic E-state index is 11.9. The van der Waals surface area contributed by atoms with Gasteiger partial charge in [-0.15, -0.1) is 5.10 Å². The highest BCUT2D eigenvalue weighted by Gasteiger charge is 2.19. The molecule has 1 fully saturated rings.